The molecule has 8 nitrogen and oxygen atoms in total. The number of rotatable bonds is 5. The molecule has 1 aromatic carbocycles. The molecule has 2 aromatic rings. The normalized spacial score (nSPS) is 19.9. The van der Waals surface area contributed by atoms with Crippen LogP contribution in [0.3, 0.4) is 0 Å². The minimum Gasteiger partial charge on any atom is -0.365 e. The summed E-state index contributed by atoms with van der Waals surface area (Å²) in [7, 11) is -1.87. The molecule has 2 aliphatic rings. The number of hydrogen-bond donors (Lipinski definition) is 2. The van der Waals surface area contributed by atoms with Crippen LogP contribution in [0.2, 0.25) is 5.02 Å². The van der Waals surface area contributed by atoms with Crippen molar-refractivity contribution < 1.29 is 18.0 Å². The highest BCUT2D eigenvalue weighted by atomic mass is 35.5. The number of likely N-dealkylation sites (N-methyl/N-ethyl adjacent to an activating group) is 1. The number of thiophene rings is 1. The van der Waals surface area contributed by atoms with Crippen LogP contribution < -0.4 is 11.1 Å². The highest BCUT2D eigenvalue weighted by molar-refractivity contribution is 7.89. The van der Waals surface area contributed by atoms with Gasteiger partial charge in [-0.3, -0.25) is 9.59 Å². The summed E-state index contributed by atoms with van der Waals surface area (Å²) in [6.45, 7) is 1.72. The Morgan fingerprint density at radius 2 is 1.94 bits per heavy atom. The van der Waals surface area contributed by atoms with Crippen molar-refractivity contribution in [3.63, 3.8) is 0 Å². The SMILES string of the molecule is CN1CCc2c(sc(NC(=O)C3CCCN3S(=O)(=O)c3ccc(Cl)cc3)c2C(N)=O)C1. The molecule has 1 saturated heterocycles. The van der Waals surface area contributed by atoms with Crippen molar-refractivity contribution in [2.75, 3.05) is 25.5 Å². The highest BCUT2D eigenvalue weighted by Crippen LogP contribution is 2.37. The second-order valence-corrected chi connectivity index (χ2v) is 11.2. The summed E-state index contributed by atoms with van der Waals surface area (Å²) >= 11 is 7.20. The number of carbonyl (C=O) groups excluding carboxylic acids is 2. The number of halogens is 1. The van der Waals surface area contributed by atoms with Gasteiger partial charge in [-0.05, 0) is 56.1 Å². The molecular formula is C20H23ClN4O4S2. The van der Waals surface area contributed by atoms with E-state index in [1.165, 1.54) is 39.9 Å². The number of nitrogens with one attached hydrogen (secondary N) is 1. The molecule has 1 aromatic heterocycles. The third-order valence-electron chi connectivity index (χ3n) is 5.66. The van der Waals surface area contributed by atoms with E-state index in [1.807, 2.05) is 7.05 Å². The third-order valence-corrected chi connectivity index (χ3v) is 8.96. The summed E-state index contributed by atoms with van der Waals surface area (Å²) in [6, 6.07) is 5.01. The van der Waals surface area contributed by atoms with Gasteiger partial charge in [0.1, 0.15) is 11.0 Å². The second kappa shape index (κ2) is 8.51. The minimum absolute atomic E-state index is 0.0871. The Hall–Kier alpha value is -1.98. The van der Waals surface area contributed by atoms with Crippen LogP contribution >= 0.6 is 22.9 Å². The van der Waals surface area contributed by atoms with Crippen LogP contribution in [0.15, 0.2) is 29.2 Å². The summed E-state index contributed by atoms with van der Waals surface area (Å²) in [5.74, 6) is -1.04. The molecule has 2 aliphatic heterocycles. The van der Waals surface area contributed by atoms with E-state index in [0.29, 0.717) is 41.4 Å². The average molecular weight is 483 g/mol. The molecule has 3 heterocycles. The van der Waals surface area contributed by atoms with Gasteiger partial charge in [0.2, 0.25) is 15.9 Å². The van der Waals surface area contributed by atoms with E-state index >= 15 is 0 Å². The molecule has 0 spiro atoms. The van der Waals surface area contributed by atoms with Crippen molar-refractivity contribution >= 4 is 49.8 Å². The summed E-state index contributed by atoms with van der Waals surface area (Å²) in [6.07, 6.45) is 1.65. The van der Waals surface area contributed by atoms with E-state index in [4.69, 9.17) is 17.3 Å². The molecule has 11 heteroatoms. The van der Waals surface area contributed by atoms with Gasteiger partial charge in [-0.25, -0.2) is 8.42 Å². The number of nitrogens with two attached hydrogens (primary N) is 1. The number of sulfonamides is 1. The monoisotopic (exact) mass is 482 g/mol. The molecule has 0 radical (unpaired) electrons. The standard InChI is InChI=1S/C20H23ClN4O4S2/c1-24-10-8-14-16(11-24)30-20(17(14)18(22)26)23-19(27)15-3-2-9-25(15)31(28,29)13-6-4-12(21)5-7-13/h4-7,15H,2-3,8-11H2,1H3,(H2,22,26)(H,23,27). The third kappa shape index (κ3) is 4.22. The summed E-state index contributed by atoms with van der Waals surface area (Å²) < 4.78 is 27.4. The summed E-state index contributed by atoms with van der Waals surface area (Å²) in [5, 5.41) is 3.63. The number of nitrogens with zero attached hydrogens (tertiary/aromatic N) is 2. The van der Waals surface area contributed by atoms with Crippen molar-refractivity contribution in [2.24, 2.45) is 5.73 Å². The van der Waals surface area contributed by atoms with Gasteiger partial charge < -0.3 is 16.0 Å². The first-order chi connectivity index (χ1) is 14.7. The van der Waals surface area contributed by atoms with E-state index in [0.717, 1.165) is 17.0 Å². The number of fused-ring (bicyclic) bond motifs is 1. The first-order valence-corrected chi connectivity index (χ1v) is 12.5. The predicted molar refractivity (Wildman–Crippen MR) is 120 cm³/mol. The van der Waals surface area contributed by atoms with E-state index in [1.54, 1.807) is 0 Å². The Morgan fingerprint density at radius 3 is 2.61 bits per heavy atom. The molecule has 166 valence electrons. The molecule has 31 heavy (non-hydrogen) atoms. The Morgan fingerprint density at radius 1 is 1.23 bits per heavy atom. The molecule has 1 fully saturated rings. The Kier molecular flexibility index (Phi) is 6.10. The van der Waals surface area contributed by atoms with Gasteiger partial charge >= 0.3 is 0 Å². The zero-order chi connectivity index (χ0) is 22.3. The Bertz CT molecular complexity index is 1130. The number of hydrogen-bond acceptors (Lipinski definition) is 6. The fourth-order valence-electron chi connectivity index (χ4n) is 4.11. The topological polar surface area (TPSA) is 113 Å². The number of amides is 2. The molecule has 4 rings (SSSR count). The number of primary amides is 1. The van der Waals surface area contributed by atoms with Crippen molar-refractivity contribution in [2.45, 2.75) is 36.7 Å². The molecule has 1 atom stereocenters. The first kappa shape index (κ1) is 22.2. The Labute approximate surface area is 190 Å². The quantitative estimate of drug-likeness (QED) is 0.678. The van der Waals surface area contributed by atoms with Crippen LogP contribution in [0.1, 0.15) is 33.6 Å². The van der Waals surface area contributed by atoms with Crippen molar-refractivity contribution in [3.8, 4) is 0 Å². The van der Waals surface area contributed by atoms with Crippen LogP contribution in [0, 0.1) is 0 Å². The molecular weight excluding hydrogens is 460 g/mol. The molecule has 0 bridgehead atoms. The van der Waals surface area contributed by atoms with Gasteiger partial charge in [-0.15, -0.1) is 11.3 Å². The van der Waals surface area contributed by atoms with E-state index < -0.39 is 27.9 Å². The van der Waals surface area contributed by atoms with E-state index in [-0.39, 0.29) is 11.4 Å². The number of carbonyl (C=O) groups is 2. The first-order valence-electron chi connectivity index (χ1n) is 9.89. The maximum atomic E-state index is 13.1. The molecule has 3 N–H and O–H groups in total. The lowest BCUT2D eigenvalue weighted by atomic mass is 10.0. The smallest absolute Gasteiger partial charge is 0.251 e. The molecule has 2 amide bonds. The number of anilines is 1. The minimum atomic E-state index is -3.86. The van der Waals surface area contributed by atoms with Gasteiger partial charge in [0.25, 0.3) is 5.91 Å². The average Bonchev–Trinajstić information content (AvgIpc) is 3.33. The molecule has 1 unspecified atom stereocenters. The maximum Gasteiger partial charge on any atom is 0.251 e. The lowest BCUT2D eigenvalue weighted by Crippen LogP contribution is -2.43. The van der Waals surface area contributed by atoms with Gasteiger partial charge in [0, 0.05) is 29.5 Å². The fraction of sp³-hybridized carbons (Fsp3) is 0.400. The zero-order valence-corrected chi connectivity index (χ0v) is 19.3. The lowest BCUT2D eigenvalue weighted by Gasteiger charge is -2.23. The van der Waals surface area contributed by atoms with Crippen molar-refractivity contribution in [1.82, 2.24) is 9.21 Å². The van der Waals surface area contributed by atoms with Gasteiger partial charge in [-0.1, -0.05) is 11.6 Å². The number of benzene rings is 1. The van der Waals surface area contributed by atoms with Crippen LogP contribution in [-0.4, -0.2) is 55.6 Å². The fourth-order valence-corrected chi connectivity index (χ4v) is 7.23. The zero-order valence-electron chi connectivity index (χ0n) is 16.9. The largest absolute Gasteiger partial charge is 0.365 e. The summed E-state index contributed by atoms with van der Waals surface area (Å²) in [5.41, 5.74) is 6.83. The Balaban J connectivity index is 1.60. The van der Waals surface area contributed by atoms with Crippen molar-refractivity contribution in [3.05, 3.63) is 45.3 Å². The van der Waals surface area contributed by atoms with Gasteiger partial charge in [-0.2, -0.15) is 4.31 Å². The lowest BCUT2D eigenvalue weighted by molar-refractivity contribution is -0.119. The van der Waals surface area contributed by atoms with Crippen LogP contribution in [-0.2, 0) is 27.8 Å². The summed E-state index contributed by atoms with van der Waals surface area (Å²) in [4.78, 5) is 28.5. The van der Waals surface area contributed by atoms with Crippen molar-refractivity contribution in [1.29, 1.82) is 0 Å². The van der Waals surface area contributed by atoms with E-state index in [2.05, 4.69) is 10.2 Å². The van der Waals surface area contributed by atoms with Crippen LogP contribution in [0.25, 0.3) is 0 Å². The van der Waals surface area contributed by atoms with Gasteiger partial charge in [0.15, 0.2) is 0 Å². The van der Waals surface area contributed by atoms with Crippen LogP contribution in [0.4, 0.5) is 5.00 Å². The highest BCUT2D eigenvalue weighted by Gasteiger charge is 2.40. The van der Waals surface area contributed by atoms with E-state index in [9.17, 15) is 18.0 Å². The van der Waals surface area contributed by atoms with Crippen LogP contribution in [0.5, 0.6) is 0 Å². The molecule has 0 saturated carbocycles. The molecule has 0 aliphatic carbocycles. The van der Waals surface area contributed by atoms with Gasteiger partial charge in [0.05, 0.1) is 10.5 Å². The second-order valence-electron chi connectivity index (χ2n) is 7.78. The maximum absolute atomic E-state index is 13.1. The predicted octanol–water partition coefficient (Wildman–Crippen LogP) is 2.28.